The topological polar surface area (TPSA) is 17.1 Å². The first kappa shape index (κ1) is 62.2. The summed E-state index contributed by atoms with van der Waals surface area (Å²) in [6.07, 6.45) is 80.0. The fraction of sp³-hybridized carbons (Fsp3) is 1.00. The molecule has 0 aromatic rings. The average Bonchev–Trinajstić information content (AvgIpc) is 3.28. The Hall–Kier alpha value is 0.230. The molecule has 2 heteroatoms. The van der Waals surface area contributed by atoms with Gasteiger partial charge in [0.15, 0.2) is 0 Å². The van der Waals surface area contributed by atoms with Crippen molar-refractivity contribution >= 4 is 7.14 Å². The molecule has 0 amide bonds. The molecule has 0 heterocycles. The maximum Gasteiger partial charge on any atom is 0.0877 e. The summed E-state index contributed by atoms with van der Waals surface area (Å²) in [7, 11) is -1.99. The van der Waals surface area contributed by atoms with Crippen molar-refractivity contribution in [2.45, 2.75) is 367 Å². The molecule has 1 nitrogen and oxygen atoms in total. The molecule has 0 unspecified atom stereocenters. The fourth-order valence-corrected chi connectivity index (χ4v) is 13.3. The standard InChI is InChI=1S/C60H123OP/c1-4-7-10-13-16-19-22-25-28-31-34-37-40-43-46-49-52-55-58-62(61,59-56-53-50-47-44-41-38-35-32-29-26-23-20-17-14-11-8-5-2)60-57-54-51-48-45-42-39-36-33-30-27-24-21-18-15-12-9-6-3/h4-60H2,1-3H3. The van der Waals surface area contributed by atoms with Gasteiger partial charge in [0.05, 0.1) is 7.14 Å². The van der Waals surface area contributed by atoms with Crippen LogP contribution in [0.5, 0.6) is 0 Å². The molecular weight excluding hydrogens is 768 g/mol. The smallest absolute Gasteiger partial charge is 0.0877 e. The molecule has 0 rings (SSSR count). The molecule has 0 saturated heterocycles. The highest BCUT2D eigenvalue weighted by atomic mass is 31.2. The zero-order valence-electron chi connectivity index (χ0n) is 44.2. The third kappa shape index (κ3) is 52.9. The van der Waals surface area contributed by atoms with E-state index in [4.69, 9.17) is 0 Å². The minimum atomic E-state index is -1.99. The molecule has 0 fully saturated rings. The van der Waals surface area contributed by atoms with Gasteiger partial charge in [-0.25, -0.2) is 0 Å². The number of rotatable bonds is 57. The van der Waals surface area contributed by atoms with Crippen molar-refractivity contribution in [2.24, 2.45) is 0 Å². The summed E-state index contributed by atoms with van der Waals surface area (Å²) < 4.78 is 14.3. The highest BCUT2D eigenvalue weighted by Gasteiger charge is 2.20. The van der Waals surface area contributed by atoms with E-state index >= 15 is 0 Å². The predicted octanol–water partition coefficient (Wildman–Crippen LogP) is 23.5. The van der Waals surface area contributed by atoms with E-state index in [1.54, 1.807) is 0 Å². The maximum atomic E-state index is 14.3. The number of hydrogen-bond donors (Lipinski definition) is 0. The van der Waals surface area contributed by atoms with E-state index in [-0.39, 0.29) is 0 Å². The largest absolute Gasteiger partial charge is 0.324 e. The lowest BCUT2D eigenvalue weighted by atomic mass is 10.0. The first-order valence-electron chi connectivity index (χ1n) is 30.3. The summed E-state index contributed by atoms with van der Waals surface area (Å²) in [5.41, 5.74) is 0. The van der Waals surface area contributed by atoms with Crippen molar-refractivity contribution in [2.75, 3.05) is 18.5 Å². The predicted molar refractivity (Wildman–Crippen MR) is 289 cm³/mol. The van der Waals surface area contributed by atoms with E-state index in [2.05, 4.69) is 20.8 Å². The third-order valence-corrected chi connectivity index (χ3v) is 18.2. The van der Waals surface area contributed by atoms with Gasteiger partial charge in [-0.1, -0.05) is 348 Å². The van der Waals surface area contributed by atoms with E-state index in [0.717, 1.165) is 18.5 Å². The summed E-state index contributed by atoms with van der Waals surface area (Å²) in [6.45, 7) is 6.94. The highest BCUT2D eigenvalue weighted by molar-refractivity contribution is 7.63. The van der Waals surface area contributed by atoms with E-state index in [1.807, 2.05) is 0 Å². The molecule has 0 saturated carbocycles. The van der Waals surface area contributed by atoms with Crippen LogP contribution in [0.15, 0.2) is 0 Å². The summed E-state index contributed by atoms with van der Waals surface area (Å²) in [6, 6.07) is 0. The zero-order valence-corrected chi connectivity index (χ0v) is 45.1. The third-order valence-electron chi connectivity index (χ3n) is 14.8. The second kappa shape index (κ2) is 55.6. The monoisotopic (exact) mass is 891 g/mol. The van der Waals surface area contributed by atoms with Gasteiger partial charge in [-0.05, 0) is 19.3 Å². The molecule has 374 valence electrons. The lowest BCUT2D eigenvalue weighted by Crippen LogP contribution is -2.02. The second-order valence-corrected chi connectivity index (χ2v) is 24.7. The Labute approximate surface area is 396 Å². The van der Waals surface area contributed by atoms with Gasteiger partial charge < -0.3 is 4.57 Å². The quantitative estimate of drug-likeness (QED) is 0.0439. The van der Waals surface area contributed by atoms with Gasteiger partial charge >= 0.3 is 0 Å². The molecule has 0 aliphatic carbocycles. The minimum Gasteiger partial charge on any atom is -0.324 e. The van der Waals surface area contributed by atoms with Crippen LogP contribution in [0.25, 0.3) is 0 Å². The van der Waals surface area contributed by atoms with Crippen molar-refractivity contribution in [3.8, 4) is 0 Å². The molecular formula is C60H123OP. The summed E-state index contributed by atoms with van der Waals surface area (Å²) in [5.74, 6) is 0. The molecule has 0 aliphatic rings. The lowest BCUT2D eigenvalue weighted by molar-refractivity contribution is 0.523. The molecule has 62 heavy (non-hydrogen) atoms. The highest BCUT2D eigenvalue weighted by Crippen LogP contribution is 2.48. The molecule has 0 bridgehead atoms. The van der Waals surface area contributed by atoms with Crippen molar-refractivity contribution in [1.82, 2.24) is 0 Å². The molecule has 0 aliphatic heterocycles. The van der Waals surface area contributed by atoms with Gasteiger partial charge in [0.1, 0.15) is 0 Å². The Balaban J connectivity index is 4.08. The second-order valence-electron chi connectivity index (χ2n) is 21.3. The van der Waals surface area contributed by atoms with Gasteiger partial charge in [-0.3, -0.25) is 0 Å². The lowest BCUT2D eigenvalue weighted by Gasteiger charge is -2.19. The van der Waals surface area contributed by atoms with Gasteiger partial charge in [-0.2, -0.15) is 0 Å². The minimum absolute atomic E-state index is 1.06. The molecule has 0 spiro atoms. The Morgan fingerprint density at radius 1 is 0.161 bits per heavy atom. The fourth-order valence-electron chi connectivity index (χ4n) is 10.2. The Kier molecular flexibility index (Phi) is 55.8. The van der Waals surface area contributed by atoms with Crippen molar-refractivity contribution < 1.29 is 4.57 Å². The first-order valence-corrected chi connectivity index (χ1v) is 32.5. The van der Waals surface area contributed by atoms with Gasteiger partial charge in [-0.15, -0.1) is 0 Å². The van der Waals surface area contributed by atoms with E-state index in [9.17, 15) is 4.57 Å². The van der Waals surface area contributed by atoms with E-state index in [1.165, 1.54) is 347 Å². The molecule has 0 aromatic heterocycles. The Morgan fingerprint density at radius 2 is 0.258 bits per heavy atom. The van der Waals surface area contributed by atoms with Gasteiger partial charge in [0.25, 0.3) is 0 Å². The maximum absolute atomic E-state index is 14.3. The Morgan fingerprint density at radius 3 is 0.371 bits per heavy atom. The van der Waals surface area contributed by atoms with Gasteiger partial charge in [0.2, 0.25) is 0 Å². The van der Waals surface area contributed by atoms with E-state index in [0.29, 0.717) is 0 Å². The Bertz CT molecular complexity index is 717. The van der Waals surface area contributed by atoms with Crippen molar-refractivity contribution in [3.63, 3.8) is 0 Å². The molecule has 0 N–H and O–H groups in total. The van der Waals surface area contributed by atoms with Crippen molar-refractivity contribution in [3.05, 3.63) is 0 Å². The van der Waals surface area contributed by atoms with Crippen LogP contribution in [0, 0.1) is 0 Å². The van der Waals surface area contributed by atoms with Crippen LogP contribution in [0.4, 0.5) is 0 Å². The summed E-state index contributed by atoms with van der Waals surface area (Å²) in [4.78, 5) is 0. The van der Waals surface area contributed by atoms with E-state index < -0.39 is 7.14 Å². The summed E-state index contributed by atoms with van der Waals surface area (Å²) >= 11 is 0. The van der Waals surface area contributed by atoms with Crippen molar-refractivity contribution in [1.29, 1.82) is 0 Å². The summed E-state index contributed by atoms with van der Waals surface area (Å²) in [5, 5.41) is 0. The van der Waals surface area contributed by atoms with Crippen LogP contribution in [0.3, 0.4) is 0 Å². The number of unbranched alkanes of at least 4 members (excludes halogenated alkanes) is 51. The van der Waals surface area contributed by atoms with Gasteiger partial charge in [0, 0.05) is 18.5 Å². The first-order chi connectivity index (χ1) is 30.7. The van der Waals surface area contributed by atoms with Crippen LogP contribution in [0.1, 0.15) is 367 Å². The average molecular weight is 892 g/mol. The molecule has 0 atom stereocenters. The van der Waals surface area contributed by atoms with Crippen LogP contribution < -0.4 is 0 Å². The van der Waals surface area contributed by atoms with Crippen LogP contribution in [-0.2, 0) is 4.57 Å². The molecule has 0 aromatic carbocycles. The normalized spacial score (nSPS) is 12.0. The number of hydrogen-bond acceptors (Lipinski definition) is 1. The van der Waals surface area contributed by atoms with Crippen LogP contribution in [0.2, 0.25) is 0 Å². The SMILES string of the molecule is CCCCCCCCCCCCCCCCCCCCP(=O)(CCCCCCCCCCCCCCCCCCCC)CCCCCCCCCCCCCCCCCCCC. The van der Waals surface area contributed by atoms with Crippen LogP contribution >= 0.6 is 7.14 Å². The zero-order chi connectivity index (χ0) is 44.8. The molecule has 0 radical (unpaired) electrons. The van der Waals surface area contributed by atoms with Crippen LogP contribution in [-0.4, -0.2) is 18.5 Å².